The summed E-state index contributed by atoms with van der Waals surface area (Å²) in [5, 5.41) is 13.4. The van der Waals surface area contributed by atoms with Crippen molar-refractivity contribution in [1.82, 2.24) is 5.32 Å². The fraction of sp³-hybridized carbons (Fsp3) is 0.467. The Bertz CT molecular complexity index is 623. The van der Waals surface area contributed by atoms with E-state index in [0.29, 0.717) is 0 Å². The normalized spacial score (nSPS) is 10.7. The topological polar surface area (TPSA) is 117 Å². The van der Waals surface area contributed by atoms with Gasteiger partial charge in [0.15, 0.2) is 0 Å². The van der Waals surface area contributed by atoms with E-state index in [9.17, 15) is 19.7 Å². The van der Waals surface area contributed by atoms with E-state index in [1.54, 1.807) is 20.8 Å². The van der Waals surface area contributed by atoms with Gasteiger partial charge in [0.25, 0.3) is 5.69 Å². The summed E-state index contributed by atoms with van der Waals surface area (Å²) >= 11 is 0. The van der Waals surface area contributed by atoms with Crippen molar-refractivity contribution >= 4 is 17.7 Å². The highest BCUT2D eigenvalue weighted by Crippen LogP contribution is 2.24. The molecule has 0 fully saturated rings. The number of nitro benzene ring substituents is 1. The zero-order valence-electron chi connectivity index (χ0n) is 14.0. The lowest BCUT2D eigenvalue weighted by Crippen LogP contribution is -2.34. The number of carbonyl (C=O) groups is 2. The minimum atomic E-state index is -0.834. The summed E-state index contributed by atoms with van der Waals surface area (Å²) < 4.78 is 14.9. The van der Waals surface area contributed by atoms with Crippen molar-refractivity contribution in [3.8, 4) is 5.75 Å². The molecule has 132 valence electrons. The van der Waals surface area contributed by atoms with Gasteiger partial charge in [0, 0.05) is 12.1 Å². The first-order valence-corrected chi connectivity index (χ1v) is 7.10. The Morgan fingerprint density at radius 1 is 1.29 bits per heavy atom. The van der Waals surface area contributed by atoms with Crippen LogP contribution in [0, 0.1) is 10.1 Å². The Kier molecular flexibility index (Phi) is 6.51. The third kappa shape index (κ3) is 6.11. The van der Waals surface area contributed by atoms with Crippen LogP contribution in [0.3, 0.4) is 0 Å². The molecule has 1 rings (SSSR count). The van der Waals surface area contributed by atoms with E-state index in [-0.39, 0.29) is 30.2 Å². The first kappa shape index (κ1) is 19.2. The minimum Gasteiger partial charge on any atom is -0.492 e. The molecule has 0 unspecified atom stereocenters. The molecule has 0 bridgehead atoms. The van der Waals surface area contributed by atoms with Crippen LogP contribution in [0.25, 0.3) is 0 Å². The number of nitrogens with zero attached hydrogens (tertiary/aromatic N) is 1. The third-order valence-corrected chi connectivity index (χ3v) is 2.61. The standard InChI is InChI=1S/C15H20N2O7/c1-15(2,3)24-14(19)16-7-8-23-10-5-6-12(17(20)21)11(9-10)13(18)22-4/h5-6,9H,7-8H2,1-4H3,(H,16,19). The highest BCUT2D eigenvalue weighted by molar-refractivity contribution is 5.94. The van der Waals surface area contributed by atoms with E-state index in [4.69, 9.17) is 9.47 Å². The number of nitrogens with one attached hydrogen (secondary N) is 1. The van der Waals surface area contributed by atoms with Gasteiger partial charge in [-0.1, -0.05) is 0 Å². The van der Waals surface area contributed by atoms with Crippen molar-refractivity contribution < 1.29 is 28.7 Å². The van der Waals surface area contributed by atoms with Crippen LogP contribution < -0.4 is 10.1 Å². The van der Waals surface area contributed by atoms with Crippen LogP contribution in [0.2, 0.25) is 0 Å². The molecule has 1 amide bonds. The highest BCUT2D eigenvalue weighted by Gasteiger charge is 2.21. The number of carbonyl (C=O) groups excluding carboxylic acids is 2. The van der Waals surface area contributed by atoms with Gasteiger partial charge in [-0.05, 0) is 26.8 Å². The fourth-order valence-electron chi connectivity index (χ4n) is 1.67. The SMILES string of the molecule is COC(=O)c1cc(OCCNC(=O)OC(C)(C)C)ccc1[N+](=O)[O-]. The predicted octanol–water partition coefficient (Wildman–Crippen LogP) is 2.28. The third-order valence-electron chi connectivity index (χ3n) is 2.61. The zero-order chi connectivity index (χ0) is 18.3. The van der Waals surface area contributed by atoms with Crippen LogP contribution in [0.4, 0.5) is 10.5 Å². The lowest BCUT2D eigenvalue weighted by Gasteiger charge is -2.19. The molecule has 1 N–H and O–H groups in total. The molecule has 0 heterocycles. The average molecular weight is 340 g/mol. The molecule has 0 aliphatic heterocycles. The number of rotatable bonds is 6. The van der Waals surface area contributed by atoms with Crippen LogP contribution >= 0.6 is 0 Å². The lowest BCUT2D eigenvalue weighted by molar-refractivity contribution is -0.385. The fourth-order valence-corrected chi connectivity index (χ4v) is 1.67. The second-order valence-corrected chi connectivity index (χ2v) is 5.70. The molecule has 1 aromatic rings. The van der Waals surface area contributed by atoms with E-state index in [2.05, 4.69) is 10.1 Å². The van der Waals surface area contributed by atoms with E-state index < -0.39 is 22.6 Å². The monoisotopic (exact) mass is 340 g/mol. The van der Waals surface area contributed by atoms with E-state index in [0.717, 1.165) is 13.2 Å². The summed E-state index contributed by atoms with van der Waals surface area (Å²) in [4.78, 5) is 33.3. The molecule has 0 aliphatic carbocycles. The number of hydrogen-bond acceptors (Lipinski definition) is 7. The number of benzene rings is 1. The maximum atomic E-state index is 11.6. The zero-order valence-corrected chi connectivity index (χ0v) is 14.0. The highest BCUT2D eigenvalue weighted by atomic mass is 16.6. The summed E-state index contributed by atoms with van der Waals surface area (Å²) in [6.45, 7) is 5.49. The number of methoxy groups -OCH3 is 1. The molecule has 9 heteroatoms. The van der Waals surface area contributed by atoms with Gasteiger partial charge < -0.3 is 19.5 Å². The number of alkyl carbamates (subject to hydrolysis) is 1. The van der Waals surface area contributed by atoms with Crippen LogP contribution in [0.5, 0.6) is 5.75 Å². The van der Waals surface area contributed by atoms with Crippen molar-refractivity contribution in [1.29, 1.82) is 0 Å². The summed E-state index contributed by atoms with van der Waals surface area (Å²) in [5.74, 6) is -0.592. The molecule has 0 spiro atoms. The molecule has 0 radical (unpaired) electrons. The minimum absolute atomic E-state index is 0.0949. The Hall–Kier alpha value is -2.84. The van der Waals surface area contributed by atoms with Crippen molar-refractivity contribution in [2.24, 2.45) is 0 Å². The predicted molar refractivity (Wildman–Crippen MR) is 84.2 cm³/mol. The first-order chi connectivity index (χ1) is 11.1. The molecule has 0 aliphatic rings. The molecule has 0 aromatic heterocycles. The van der Waals surface area contributed by atoms with Gasteiger partial charge in [-0.25, -0.2) is 9.59 Å². The van der Waals surface area contributed by atoms with Crippen molar-refractivity contribution in [2.45, 2.75) is 26.4 Å². The summed E-state index contributed by atoms with van der Waals surface area (Å²) in [7, 11) is 1.13. The van der Waals surface area contributed by atoms with E-state index >= 15 is 0 Å². The largest absolute Gasteiger partial charge is 0.492 e. The quantitative estimate of drug-likeness (QED) is 0.365. The van der Waals surface area contributed by atoms with Crippen molar-refractivity contribution in [3.05, 3.63) is 33.9 Å². The number of nitro groups is 1. The smallest absolute Gasteiger partial charge is 0.407 e. The Balaban J connectivity index is 2.62. The van der Waals surface area contributed by atoms with Crippen LogP contribution in [0.1, 0.15) is 31.1 Å². The van der Waals surface area contributed by atoms with E-state index in [1.807, 2.05) is 0 Å². The van der Waals surface area contributed by atoms with E-state index in [1.165, 1.54) is 12.1 Å². The Morgan fingerprint density at radius 2 is 1.96 bits per heavy atom. The maximum absolute atomic E-state index is 11.6. The van der Waals surface area contributed by atoms with Crippen LogP contribution in [-0.4, -0.2) is 42.8 Å². The maximum Gasteiger partial charge on any atom is 0.407 e. The van der Waals surface area contributed by atoms with Gasteiger partial charge in [0.2, 0.25) is 0 Å². The second kappa shape index (κ2) is 8.14. The van der Waals surface area contributed by atoms with Gasteiger partial charge in [0.1, 0.15) is 23.5 Å². The van der Waals surface area contributed by atoms with Crippen LogP contribution in [-0.2, 0) is 9.47 Å². The van der Waals surface area contributed by atoms with Gasteiger partial charge in [-0.3, -0.25) is 10.1 Å². The van der Waals surface area contributed by atoms with Crippen molar-refractivity contribution in [2.75, 3.05) is 20.3 Å². The lowest BCUT2D eigenvalue weighted by atomic mass is 10.1. The number of esters is 1. The molecular formula is C15H20N2O7. The number of hydrogen-bond donors (Lipinski definition) is 1. The Labute approximate surface area is 139 Å². The number of ether oxygens (including phenoxy) is 3. The van der Waals surface area contributed by atoms with Gasteiger partial charge in [-0.15, -0.1) is 0 Å². The van der Waals surface area contributed by atoms with Crippen molar-refractivity contribution in [3.63, 3.8) is 0 Å². The summed E-state index contributed by atoms with van der Waals surface area (Å²) in [6.07, 6.45) is -0.579. The molecule has 0 saturated heterocycles. The molecule has 9 nitrogen and oxygen atoms in total. The van der Waals surface area contributed by atoms with Gasteiger partial charge in [0.05, 0.1) is 18.6 Å². The second-order valence-electron chi connectivity index (χ2n) is 5.70. The van der Waals surface area contributed by atoms with Gasteiger partial charge >= 0.3 is 12.1 Å². The number of amides is 1. The molecule has 0 atom stereocenters. The molecular weight excluding hydrogens is 320 g/mol. The van der Waals surface area contributed by atoms with Crippen LogP contribution in [0.15, 0.2) is 18.2 Å². The summed E-state index contributed by atoms with van der Waals surface area (Å²) in [5.41, 5.74) is -1.18. The molecule has 1 aromatic carbocycles. The average Bonchev–Trinajstić information content (AvgIpc) is 2.48. The Morgan fingerprint density at radius 3 is 2.50 bits per heavy atom. The first-order valence-electron chi connectivity index (χ1n) is 7.10. The summed E-state index contributed by atoms with van der Waals surface area (Å²) in [6, 6.07) is 3.73. The molecule has 24 heavy (non-hydrogen) atoms. The molecule has 0 saturated carbocycles. The van der Waals surface area contributed by atoms with Gasteiger partial charge in [-0.2, -0.15) is 0 Å².